The summed E-state index contributed by atoms with van der Waals surface area (Å²) in [4.78, 5) is 23.2. The van der Waals surface area contributed by atoms with Crippen molar-refractivity contribution in [3.8, 4) is 5.75 Å². The van der Waals surface area contributed by atoms with Crippen LogP contribution in [-0.2, 0) is 6.42 Å². The Bertz CT molecular complexity index is 764. The first-order valence-corrected chi connectivity index (χ1v) is 7.73. The van der Waals surface area contributed by atoms with Gasteiger partial charge in [-0.2, -0.15) is 0 Å². The van der Waals surface area contributed by atoms with Crippen LogP contribution in [0, 0.1) is 0 Å². The molecule has 2 N–H and O–H groups in total. The number of aromatic carboxylic acids is 1. The summed E-state index contributed by atoms with van der Waals surface area (Å²) in [6, 6.07) is 4.70. The predicted molar refractivity (Wildman–Crippen MR) is 84.5 cm³/mol. The number of hydrogen-bond acceptors (Lipinski definition) is 5. The number of rotatable bonds is 7. The Balaban J connectivity index is 1.60. The molecule has 1 aromatic carbocycles. The van der Waals surface area contributed by atoms with E-state index in [-0.39, 0.29) is 11.5 Å². The smallest absolute Gasteiger partial charge is 0.335 e. The quantitative estimate of drug-likeness (QED) is 0.807. The predicted octanol–water partition coefficient (Wildman–Crippen LogP) is 2.23. The Morgan fingerprint density at radius 3 is 2.88 bits per heavy atom. The molecule has 1 aromatic heterocycles. The van der Waals surface area contributed by atoms with Crippen molar-refractivity contribution in [2.75, 3.05) is 13.7 Å². The minimum absolute atomic E-state index is 0.165. The normalized spacial score (nSPS) is 13.5. The van der Waals surface area contributed by atoms with Crippen molar-refractivity contribution in [3.63, 3.8) is 0 Å². The Morgan fingerprint density at radius 2 is 2.21 bits per heavy atom. The Hall–Kier alpha value is -2.83. The van der Waals surface area contributed by atoms with Gasteiger partial charge in [-0.1, -0.05) is 11.2 Å². The molecule has 1 heterocycles. The number of nitrogens with one attached hydrogen (secondary N) is 1. The first-order chi connectivity index (χ1) is 11.6. The number of ether oxygens (including phenoxy) is 1. The molecule has 126 valence electrons. The third-order valence-electron chi connectivity index (χ3n) is 4.02. The van der Waals surface area contributed by atoms with Gasteiger partial charge in [0.25, 0.3) is 5.91 Å². The van der Waals surface area contributed by atoms with Crippen LogP contribution in [0.4, 0.5) is 0 Å². The van der Waals surface area contributed by atoms with E-state index >= 15 is 0 Å². The van der Waals surface area contributed by atoms with E-state index in [1.807, 2.05) is 0 Å². The molecular formula is C17H18N2O5. The summed E-state index contributed by atoms with van der Waals surface area (Å²) in [5, 5.41) is 15.7. The van der Waals surface area contributed by atoms with E-state index in [1.54, 1.807) is 6.07 Å². The lowest BCUT2D eigenvalue weighted by Gasteiger charge is -2.10. The van der Waals surface area contributed by atoms with Gasteiger partial charge in [0.15, 0.2) is 0 Å². The maximum absolute atomic E-state index is 12.2. The molecule has 1 aliphatic rings. The van der Waals surface area contributed by atoms with Crippen molar-refractivity contribution in [2.45, 2.75) is 25.2 Å². The van der Waals surface area contributed by atoms with Crippen molar-refractivity contribution in [2.24, 2.45) is 0 Å². The number of nitrogens with zero attached hydrogens (tertiary/aromatic N) is 1. The van der Waals surface area contributed by atoms with Crippen LogP contribution >= 0.6 is 0 Å². The minimum atomic E-state index is -1.01. The number of benzene rings is 1. The highest BCUT2D eigenvalue weighted by atomic mass is 16.5. The zero-order valence-electron chi connectivity index (χ0n) is 13.2. The number of hydrogen-bond donors (Lipinski definition) is 2. The van der Waals surface area contributed by atoms with Crippen LogP contribution in [-0.4, -0.2) is 35.8 Å². The fourth-order valence-electron chi connectivity index (χ4n) is 2.56. The molecule has 7 nitrogen and oxygen atoms in total. The lowest BCUT2D eigenvalue weighted by atomic mass is 10.1. The zero-order valence-corrected chi connectivity index (χ0v) is 13.2. The second-order valence-electron chi connectivity index (χ2n) is 5.73. The second-order valence-corrected chi connectivity index (χ2v) is 5.73. The largest absolute Gasteiger partial charge is 0.496 e. The summed E-state index contributed by atoms with van der Waals surface area (Å²) >= 11 is 0. The van der Waals surface area contributed by atoms with Gasteiger partial charge in [0.2, 0.25) is 0 Å². The topological polar surface area (TPSA) is 102 Å². The Morgan fingerprint density at radius 1 is 1.42 bits per heavy atom. The average Bonchev–Trinajstić information content (AvgIpc) is 3.31. The van der Waals surface area contributed by atoms with E-state index in [0.29, 0.717) is 30.2 Å². The number of aromatic nitrogens is 1. The number of carboxylic acids is 1. The fourth-order valence-corrected chi connectivity index (χ4v) is 2.56. The molecule has 0 unspecified atom stereocenters. The maximum Gasteiger partial charge on any atom is 0.335 e. The summed E-state index contributed by atoms with van der Waals surface area (Å²) in [5.74, 6) is -0.381. The van der Waals surface area contributed by atoms with Gasteiger partial charge in [-0.05, 0) is 37.0 Å². The summed E-state index contributed by atoms with van der Waals surface area (Å²) in [5.41, 5.74) is 2.22. The standard InChI is InChI=1S/C17H18N2O5/c1-23-14-8-12(17(21)22)5-2-10(14)6-7-18-16(20)13-9-24-19-15(13)11-3-4-11/h2,5,8-9,11H,3-4,6-7H2,1H3,(H,18,20)(H,21,22). The van der Waals surface area contributed by atoms with Crippen molar-refractivity contribution >= 4 is 11.9 Å². The van der Waals surface area contributed by atoms with Crippen LogP contribution in [0.15, 0.2) is 29.0 Å². The SMILES string of the molecule is COc1cc(C(=O)O)ccc1CCNC(=O)c1conc1C1CC1. The summed E-state index contributed by atoms with van der Waals surface area (Å²) in [6.07, 6.45) is 3.99. The molecule has 7 heteroatoms. The van der Waals surface area contributed by atoms with Gasteiger partial charge in [0, 0.05) is 12.5 Å². The minimum Gasteiger partial charge on any atom is -0.496 e. The van der Waals surface area contributed by atoms with E-state index in [9.17, 15) is 9.59 Å². The Kier molecular flexibility index (Phi) is 4.50. The molecular weight excluding hydrogens is 312 g/mol. The molecule has 0 spiro atoms. The van der Waals surface area contributed by atoms with Crippen LogP contribution in [0.1, 0.15) is 50.7 Å². The lowest BCUT2D eigenvalue weighted by Crippen LogP contribution is -2.26. The van der Waals surface area contributed by atoms with Crippen molar-refractivity contribution in [1.82, 2.24) is 10.5 Å². The molecule has 24 heavy (non-hydrogen) atoms. The molecule has 0 atom stereocenters. The van der Waals surface area contributed by atoms with Crippen LogP contribution in [0.25, 0.3) is 0 Å². The van der Waals surface area contributed by atoms with Gasteiger partial charge in [-0.3, -0.25) is 4.79 Å². The average molecular weight is 330 g/mol. The molecule has 1 aliphatic carbocycles. The molecule has 0 radical (unpaired) electrons. The van der Waals surface area contributed by atoms with E-state index in [1.165, 1.54) is 25.5 Å². The number of amides is 1. The number of carbonyl (C=O) groups excluding carboxylic acids is 1. The number of methoxy groups -OCH3 is 1. The summed E-state index contributed by atoms with van der Waals surface area (Å²) < 4.78 is 10.1. The third-order valence-corrected chi connectivity index (χ3v) is 4.02. The highest BCUT2D eigenvalue weighted by molar-refractivity contribution is 5.95. The van der Waals surface area contributed by atoms with Crippen molar-refractivity contribution in [1.29, 1.82) is 0 Å². The Labute approximate surface area is 138 Å². The molecule has 3 rings (SSSR count). The van der Waals surface area contributed by atoms with E-state index in [2.05, 4.69) is 10.5 Å². The number of carboxylic acid groups (broad SMARTS) is 1. The van der Waals surface area contributed by atoms with Crippen LogP contribution in [0.5, 0.6) is 5.75 Å². The van der Waals surface area contributed by atoms with E-state index in [0.717, 1.165) is 24.1 Å². The van der Waals surface area contributed by atoms with E-state index in [4.69, 9.17) is 14.4 Å². The summed E-state index contributed by atoms with van der Waals surface area (Å²) in [6.45, 7) is 0.400. The van der Waals surface area contributed by atoms with Crippen LogP contribution in [0.2, 0.25) is 0 Å². The maximum atomic E-state index is 12.2. The van der Waals surface area contributed by atoms with Crippen molar-refractivity contribution in [3.05, 3.63) is 46.8 Å². The van der Waals surface area contributed by atoms with E-state index < -0.39 is 5.97 Å². The highest BCUT2D eigenvalue weighted by Crippen LogP contribution is 2.40. The molecule has 1 fully saturated rings. The van der Waals surface area contributed by atoms with Crippen LogP contribution < -0.4 is 10.1 Å². The molecule has 0 saturated heterocycles. The molecule has 1 amide bonds. The first-order valence-electron chi connectivity index (χ1n) is 7.73. The van der Waals surface area contributed by atoms with Gasteiger partial charge in [-0.15, -0.1) is 0 Å². The first kappa shape index (κ1) is 16.0. The van der Waals surface area contributed by atoms with Gasteiger partial charge >= 0.3 is 5.97 Å². The highest BCUT2D eigenvalue weighted by Gasteiger charge is 2.31. The monoisotopic (exact) mass is 330 g/mol. The number of carbonyl (C=O) groups is 2. The van der Waals surface area contributed by atoms with Crippen LogP contribution in [0.3, 0.4) is 0 Å². The fraction of sp³-hybridized carbons (Fsp3) is 0.353. The molecule has 0 bridgehead atoms. The van der Waals surface area contributed by atoms with Gasteiger partial charge < -0.3 is 19.7 Å². The van der Waals surface area contributed by atoms with Gasteiger partial charge in [0.05, 0.1) is 18.4 Å². The molecule has 2 aromatic rings. The lowest BCUT2D eigenvalue weighted by molar-refractivity contribution is 0.0696. The second kappa shape index (κ2) is 6.74. The van der Waals surface area contributed by atoms with Gasteiger partial charge in [-0.25, -0.2) is 4.79 Å². The third kappa shape index (κ3) is 3.40. The van der Waals surface area contributed by atoms with Gasteiger partial charge in [0.1, 0.15) is 17.6 Å². The molecule has 1 saturated carbocycles. The summed E-state index contributed by atoms with van der Waals surface area (Å²) in [7, 11) is 1.49. The zero-order chi connectivity index (χ0) is 17.1. The molecule has 0 aliphatic heterocycles. The van der Waals surface area contributed by atoms with Crippen molar-refractivity contribution < 1.29 is 24.0 Å².